The molecule has 0 aliphatic heterocycles. The molecule has 0 fully saturated rings. The van der Waals surface area contributed by atoms with Crippen LogP contribution in [0.15, 0.2) is 0 Å². The van der Waals surface area contributed by atoms with Crippen molar-refractivity contribution in [3.63, 3.8) is 0 Å². The molecule has 0 aromatic carbocycles. The average molecular weight is 213 g/mol. The van der Waals surface area contributed by atoms with Gasteiger partial charge in [0.25, 0.3) is 0 Å². The van der Waals surface area contributed by atoms with Crippen LogP contribution in [0.5, 0.6) is 6.01 Å². The summed E-state index contributed by atoms with van der Waals surface area (Å²) in [6.07, 6.45) is 0. The van der Waals surface area contributed by atoms with Crippen molar-refractivity contribution in [1.82, 2.24) is 9.97 Å². The van der Waals surface area contributed by atoms with Crippen LogP contribution in [-0.4, -0.2) is 24.7 Å². The van der Waals surface area contributed by atoms with Gasteiger partial charge in [-0.25, -0.2) is 9.85 Å². The molecule has 3 radical (unpaired) electrons. The Morgan fingerprint density at radius 1 is 1.23 bits per heavy atom. The van der Waals surface area contributed by atoms with Gasteiger partial charge in [-0.3, -0.25) is 0 Å². The topological polar surface area (TPSA) is 35.0 Å². The molecule has 63 valence electrons. The predicted octanol–water partition coefficient (Wildman–Crippen LogP) is -3.14. The summed E-state index contributed by atoms with van der Waals surface area (Å²) in [5.74, 6) is -2.54. The third-order valence-electron chi connectivity index (χ3n) is 1.02. The summed E-state index contributed by atoms with van der Waals surface area (Å²) in [4.78, 5) is 5.84. The van der Waals surface area contributed by atoms with E-state index >= 15 is 0 Å². The quantitative estimate of drug-likeness (QED) is 0.384. The Labute approximate surface area is 116 Å². The molecule has 3 nitrogen and oxygen atoms in total. The maximum Gasteiger partial charge on any atom is 1.00 e. The fourth-order valence-electron chi connectivity index (χ4n) is 0.512. The van der Waals surface area contributed by atoms with Crippen LogP contribution >= 0.6 is 0 Å². The molecule has 1 aromatic rings. The van der Waals surface area contributed by atoms with Crippen LogP contribution in [-0.2, 0) is 0 Å². The van der Waals surface area contributed by atoms with Crippen LogP contribution in [0, 0.1) is 11.9 Å². The van der Waals surface area contributed by atoms with E-state index in [1.54, 1.807) is 0 Å². The smallest absolute Gasteiger partial charge is 0.568 e. The van der Waals surface area contributed by atoms with Gasteiger partial charge in [-0.2, -0.15) is 18.7 Å². The van der Waals surface area contributed by atoms with Gasteiger partial charge in [0.05, 0.1) is 0 Å². The zero-order chi connectivity index (χ0) is 9.14. The fourth-order valence-corrected chi connectivity index (χ4v) is 0.512. The standard InChI is InChI=1S/C5H2BF3N2O.K/c6-2-3(8)10-5(12-1-7)11-4(2)9;/h1H2;/q-1;+1. The number of rotatable bonds is 2. The summed E-state index contributed by atoms with van der Waals surface area (Å²) < 4.78 is 40.4. The second kappa shape index (κ2) is 5.97. The first-order chi connectivity index (χ1) is 5.65. The van der Waals surface area contributed by atoms with Gasteiger partial charge in [-0.05, 0) is 0 Å². The molecule has 0 atom stereocenters. The van der Waals surface area contributed by atoms with Crippen molar-refractivity contribution >= 4 is 13.3 Å². The summed E-state index contributed by atoms with van der Waals surface area (Å²) in [6.45, 7) is -1.26. The Balaban J connectivity index is 0.00000144. The number of aromatic nitrogens is 2. The SMILES string of the molecule is [B-]c1c(F)nc(OCF)nc1F.[K+]. The van der Waals surface area contributed by atoms with Gasteiger partial charge in [0, 0.05) is 0 Å². The molecular formula is C5H2BF3KN2O. The fraction of sp³-hybridized carbons (Fsp3) is 0.200. The first kappa shape index (κ1) is 13.4. The zero-order valence-electron chi connectivity index (χ0n) is 6.72. The molecule has 0 saturated heterocycles. The molecule has 0 bridgehead atoms. The monoisotopic (exact) mass is 213 g/mol. The minimum Gasteiger partial charge on any atom is -0.568 e. The number of halogens is 3. The molecule has 13 heavy (non-hydrogen) atoms. The molecule has 8 heteroatoms. The van der Waals surface area contributed by atoms with E-state index in [4.69, 9.17) is 7.85 Å². The van der Waals surface area contributed by atoms with Gasteiger partial charge in [0.2, 0.25) is 6.86 Å². The van der Waals surface area contributed by atoms with Gasteiger partial charge in [-0.15, -0.1) is 0 Å². The third-order valence-corrected chi connectivity index (χ3v) is 1.02. The molecule has 0 aliphatic rings. The van der Waals surface area contributed by atoms with Gasteiger partial charge in [-0.1, -0.05) is 0 Å². The van der Waals surface area contributed by atoms with Crippen molar-refractivity contribution in [2.45, 2.75) is 0 Å². The third kappa shape index (κ3) is 3.55. The zero-order valence-corrected chi connectivity index (χ0v) is 9.84. The Morgan fingerprint density at radius 3 is 2.08 bits per heavy atom. The summed E-state index contributed by atoms with van der Waals surface area (Å²) >= 11 is 0. The molecule has 0 saturated carbocycles. The molecule has 0 N–H and O–H groups in total. The minimum absolute atomic E-state index is 0. The van der Waals surface area contributed by atoms with Gasteiger partial charge < -0.3 is 12.6 Å². The second-order valence-electron chi connectivity index (χ2n) is 1.75. The number of hydrogen-bond acceptors (Lipinski definition) is 3. The second-order valence-corrected chi connectivity index (χ2v) is 1.75. The summed E-state index contributed by atoms with van der Waals surface area (Å²) in [5, 5.41) is 0. The molecule has 1 heterocycles. The molecule has 0 unspecified atom stereocenters. The van der Waals surface area contributed by atoms with Crippen molar-refractivity contribution in [2.24, 2.45) is 0 Å². The van der Waals surface area contributed by atoms with Crippen LogP contribution < -0.4 is 61.6 Å². The molecular weight excluding hydrogens is 211 g/mol. The van der Waals surface area contributed by atoms with Gasteiger partial charge >= 0.3 is 57.4 Å². The molecule has 0 aliphatic carbocycles. The van der Waals surface area contributed by atoms with E-state index in [9.17, 15) is 13.2 Å². The Bertz CT molecular complexity index is 278. The largest absolute Gasteiger partial charge is 1.00 e. The van der Waals surface area contributed by atoms with E-state index in [2.05, 4.69) is 14.7 Å². The Kier molecular flexibility index (Phi) is 6.14. The van der Waals surface area contributed by atoms with E-state index in [0.717, 1.165) is 0 Å². The van der Waals surface area contributed by atoms with Crippen LogP contribution in [0.1, 0.15) is 0 Å². The molecule has 0 amide bonds. The molecule has 1 aromatic heterocycles. The van der Waals surface area contributed by atoms with Crippen molar-refractivity contribution in [3.05, 3.63) is 11.9 Å². The number of alkyl halides is 1. The van der Waals surface area contributed by atoms with E-state index in [1.165, 1.54) is 0 Å². The Hall–Kier alpha value is 0.371. The Morgan fingerprint density at radius 2 is 1.69 bits per heavy atom. The first-order valence-electron chi connectivity index (χ1n) is 2.82. The van der Waals surface area contributed by atoms with Crippen LogP contribution in [0.25, 0.3) is 0 Å². The average Bonchev–Trinajstić information content (AvgIpc) is 2.01. The summed E-state index contributed by atoms with van der Waals surface area (Å²) in [6, 6.07) is -0.721. The summed E-state index contributed by atoms with van der Waals surface area (Å²) in [5.41, 5.74) is -0.818. The number of hydrogen-bond donors (Lipinski definition) is 0. The van der Waals surface area contributed by atoms with Gasteiger partial charge in [0.15, 0.2) is 11.9 Å². The van der Waals surface area contributed by atoms with Crippen LogP contribution in [0.4, 0.5) is 13.2 Å². The van der Waals surface area contributed by atoms with E-state index < -0.39 is 30.2 Å². The molecule has 1 rings (SSSR count). The van der Waals surface area contributed by atoms with Crippen molar-refractivity contribution in [3.8, 4) is 6.01 Å². The minimum atomic E-state index is -1.27. The van der Waals surface area contributed by atoms with Crippen molar-refractivity contribution < 1.29 is 69.3 Å². The van der Waals surface area contributed by atoms with Crippen LogP contribution in [0.3, 0.4) is 0 Å². The maximum absolute atomic E-state index is 12.4. The summed E-state index contributed by atoms with van der Waals surface area (Å²) in [7, 11) is 4.82. The molecule has 0 spiro atoms. The van der Waals surface area contributed by atoms with Crippen LogP contribution in [0.2, 0.25) is 0 Å². The number of ether oxygens (including phenoxy) is 1. The normalized spacial score (nSPS) is 9.23. The van der Waals surface area contributed by atoms with Crippen molar-refractivity contribution in [2.75, 3.05) is 6.86 Å². The van der Waals surface area contributed by atoms with E-state index in [1.807, 2.05) is 0 Å². The van der Waals surface area contributed by atoms with Gasteiger partial charge in [0.1, 0.15) is 0 Å². The number of nitrogens with zero attached hydrogens (tertiary/aromatic N) is 2. The van der Waals surface area contributed by atoms with E-state index in [-0.39, 0.29) is 51.4 Å². The first-order valence-corrected chi connectivity index (χ1v) is 2.82. The predicted molar refractivity (Wildman–Crippen MR) is 33.9 cm³/mol. The van der Waals surface area contributed by atoms with E-state index in [0.29, 0.717) is 0 Å². The van der Waals surface area contributed by atoms with Crippen molar-refractivity contribution in [1.29, 1.82) is 0 Å². The maximum atomic E-state index is 12.4.